The summed E-state index contributed by atoms with van der Waals surface area (Å²) in [6, 6.07) is 14.4. The number of allylic oxidation sites excluding steroid dienone is 1. The van der Waals surface area contributed by atoms with Crippen LogP contribution in [0.4, 0.5) is 0 Å². The number of ether oxygens (including phenoxy) is 3. The second-order valence-electron chi connectivity index (χ2n) is 8.61. The Hall–Kier alpha value is -3.65. The number of rotatable bonds is 10. The molecule has 2 aromatic carbocycles. The average molecular weight is 521 g/mol. The molecule has 0 aliphatic carbocycles. The van der Waals surface area contributed by atoms with Gasteiger partial charge in [-0.05, 0) is 61.2 Å². The van der Waals surface area contributed by atoms with Crippen molar-refractivity contribution in [3.8, 4) is 11.5 Å². The molecule has 0 fully saturated rings. The highest BCUT2D eigenvalue weighted by atomic mass is 32.1. The molecule has 3 aromatic rings. The van der Waals surface area contributed by atoms with Crippen molar-refractivity contribution in [3.63, 3.8) is 0 Å². The maximum Gasteiger partial charge on any atom is 0.338 e. The summed E-state index contributed by atoms with van der Waals surface area (Å²) < 4.78 is 18.7. The molecule has 1 atom stereocenters. The van der Waals surface area contributed by atoms with Crippen molar-refractivity contribution in [2.24, 2.45) is 4.99 Å². The maximum absolute atomic E-state index is 13.8. The summed E-state index contributed by atoms with van der Waals surface area (Å²) in [6.45, 7) is 6.76. The molecule has 1 aromatic heterocycles. The third kappa shape index (κ3) is 5.69. The fourth-order valence-corrected chi connectivity index (χ4v) is 5.30. The van der Waals surface area contributed by atoms with Crippen LogP contribution in [-0.2, 0) is 9.53 Å². The average Bonchev–Trinajstić information content (AvgIpc) is 3.22. The lowest BCUT2D eigenvalue weighted by molar-refractivity contribution is -0.139. The standard InChI is InChI=1S/C29H32N2O5S/c1-5-9-23-25(28(33)35-7-3)26(20-10-8-11-22(18-20)34-4)31-27(32)24(37-29(31)30-23)17-19-12-14-21(15-13-19)36-16-6-2/h8,10-15,17-18,26H,5-7,9,16H2,1-4H3/b24-17-/t26-/m1/s1. The number of carbonyl (C=O) groups excluding carboxylic acids is 1. The monoisotopic (exact) mass is 520 g/mol. The van der Waals surface area contributed by atoms with Crippen LogP contribution in [-0.4, -0.2) is 30.9 Å². The molecule has 4 rings (SSSR count). The number of thiazole rings is 1. The SMILES string of the molecule is CCCOc1ccc(/C=c2\sc3n(c2=O)[C@H](c2cccc(OC)c2)C(C(=O)OCC)=C(CCC)N=3)cc1. The number of esters is 1. The minimum Gasteiger partial charge on any atom is -0.497 e. The fourth-order valence-electron chi connectivity index (χ4n) is 4.28. The number of fused-ring (bicyclic) bond motifs is 1. The molecule has 0 bridgehead atoms. The van der Waals surface area contributed by atoms with Gasteiger partial charge in [0.05, 0.1) is 42.2 Å². The van der Waals surface area contributed by atoms with E-state index in [0.29, 0.717) is 39.4 Å². The van der Waals surface area contributed by atoms with E-state index in [9.17, 15) is 9.59 Å². The van der Waals surface area contributed by atoms with Crippen molar-refractivity contribution in [1.82, 2.24) is 4.57 Å². The fraction of sp³-hybridized carbons (Fsp3) is 0.345. The molecule has 1 aliphatic heterocycles. The van der Waals surface area contributed by atoms with Crippen molar-refractivity contribution in [2.45, 2.75) is 46.1 Å². The van der Waals surface area contributed by atoms with Gasteiger partial charge in [-0.3, -0.25) is 9.36 Å². The second-order valence-corrected chi connectivity index (χ2v) is 9.62. The summed E-state index contributed by atoms with van der Waals surface area (Å²) in [5.41, 5.74) is 2.48. The van der Waals surface area contributed by atoms with Gasteiger partial charge in [0, 0.05) is 0 Å². The number of carbonyl (C=O) groups is 1. The van der Waals surface area contributed by atoms with Crippen molar-refractivity contribution in [3.05, 3.63) is 90.6 Å². The molecular weight excluding hydrogens is 488 g/mol. The Morgan fingerprint density at radius 3 is 2.54 bits per heavy atom. The number of nitrogens with zero attached hydrogens (tertiary/aromatic N) is 2. The molecule has 0 radical (unpaired) electrons. The number of hydrogen-bond donors (Lipinski definition) is 0. The molecule has 194 valence electrons. The van der Waals surface area contributed by atoms with E-state index in [1.807, 2.05) is 61.5 Å². The maximum atomic E-state index is 13.8. The normalized spacial score (nSPS) is 15.2. The van der Waals surface area contributed by atoms with Crippen molar-refractivity contribution < 1.29 is 19.0 Å². The first-order valence-electron chi connectivity index (χ1n) is 12.6. The molecule has 0 saturated carbocycles. The highest BCUT2D eigenvalue weighted by Crippen LogP contribution is 2.33. The summed E-state index contributed by atoms with van der Waals surface area (Å²) in [7, 11) is 1.59. The molecule has 37 heavy (non-hydrogen) atoms. The smallest absolute Gasteiger partial charge is 0.338 e. The molecule has 2 heterocycles. The number of hydrogen-bond acceptors (Lipinski definition) is 7. The molecule has 0 spiro atoms. The lowest BCUT2D eigenvalue weighted by Gasteiger charge is -2.26. The third-order valence-corrected chi connectivity index (χ3v) is 6.94. The molecular formula is C29H32N2O5S. The first-order chi connectivity index (χ1) is 18.0. The van der Waals surface area contributed by atoms with Crippen molar-refractivity contribution in [1.29, 1.82) is 0 Å². The largest absolute Gasteiger partial charge is 0.497 e. The van der Waals surface area contributed by atoms with Gasteiger partial charge in [-0.1, -0.05) is 55.9 Å². The highest BCUT2D eigenvalue weighted by Gasteiger charge is 2.34. The van der Waals surface area contributed by atoms with Crippen LogP contribution in [0.5, 0.6) is 11.5 Å². The Morgan fingerprint density at radius 2 is 1.86 bits per heavy atom. The Labute approximate surface area is 220 Å². The van der Waals surface area contributed by atoms with Crippen LogP contribution in [0.3, 0.4) is 0 Å². The molecule has 8 heteroatoms. The van der Waals surface area contributed by atoms with Gasteiger partial charge in [0.15, 0.2) is 4.80 Å². The molecule has 0 N–H and O–H groups in total. The van der Waals surface area contributed by atoms with Crippen molar-refractivity contribution >= 4 is 23.4 Å². The van der Waals surface area contributed by atoms with Crippen LogP contribution in [0, 0.1) is 0 Å². The van der Waals surface area contributed by atoms with Gasteiger partial charge in [-0.15, -0.1) is 0 Å². The quantitative estimate of drug-likeness (QED) is 0.371. The van der Waals surface area contributed by atoms with Crippen LogP contribution in [0.2, 0.25) is 0 Å². The predicted molar refractivity (Wildman–Crippen MR) is 145 cm³/mol. The van der Waals surface area contributed by atoms with Gasteiger partial charge in [-0.25, -0.2) is 9.79 Å². The first kappa shape index (κ1) is 26.4. The lowest BCUT2D eigenvalue weighted by Crippen LogP contribution is -2.40. The van der Waals surface area contributed by atoms with Crippen LogP contribution in [0.25, 0.3) is 6.08 Å². The van der Waals surface area contributed by atoms with E-state index >= 15 is 0 Å². The molecule has 0 amide bonds. The van der Waals surface area contributed by atoms with Crippen LogP contribution < -0.4 is 24.4 Å². The van der Waals surface area contributed by atoms with E-state index in [1.165, 1.54) is 11.3 Å². The van der Waals surface area contributed by atoms with E-state index in [1.54, 1.807) is 18.6 Å². The van der Waals surface area contributed by atoms with Gasteiger partial charge < -0.3 is 14.2 Å². The van der Waals surface area contributed by atoms with Crippen LogP contribution in [0.15, 0.2) is 69.6 Å². The van der Waals surface area contributed by atoms with Gasteiger partial charge in [-0.2, -0.15) is 0 Å². The molecule has 7 nitrogen and oxygen atoms in total. The summed E-state index contributed by atoms with van der Waals surface area (Å²) in [5, 5.41) is 0. The zero-order chi connectivity index (χ0) is 26.4. The predicted octanol–water partition coefficient (Wildman–Crippen LogP) is 4.38. The third-order valence-electron chi connectivity index (χ3n) is 5.95. The summed E-state index contributed by atoms with van der Waals surface area (Å²) in [5.74, 6) is 0.975. The van der Waals surface area contributed by atoms with Gasteiger partial charge in [0.2, 0.25) is 0 Å². The number of methoxy groups -OCH3 is 1. The Morgan fingerprint density at radius 1 is 1.08 bits per heavy atom. The van der Waals surface area contributed by atoms with Gasteiger partial charge in [0.25, 0.3) is 5.56 Å². The summed E-state index contributed by atoms with van der Waals surface area (Å²) in [4.78, 5) is 32.4. The van der Waals surface area contributed by atoms with Crippen LogP contribution in [0.1, 0.15) is 57.2 Å². The Bertz CT molecular complexity index is 1470. The Balaban J connectivity index is 1.90. The summed E-state index contributed by atoms with van der Waals surface area (Å²) >= 11 is 1.32. The lowest BCUT2D eigenvalue weighted by atomic mass is 9.94. The number of benzene rings is 2. The van der Waals surface area contributed by atoms with E-state index in [2.05, 4.69) is 6.92 Å². The van der Waals surface area contributed by atoms with Crippen molar-refractivity contribution in [2.75, 3.05) is 20.3 Å². The second kappa shape index (κ2) is 12.1. The Kier molecular flexibility index (Phi) is 8.61. The van der Waals surface area contributed by atoms with E-state index in [0.717, 1.165) is 29.7 Å². The van der Waals surface area contributed by atoms with E-state index < -0.39 is 12.0 Å². The zero-order valence-electron chi connectivity index (χ0n) is 21.7. The summed E-state index contributed by atoms with van der Waals surface area (Å²) in [6.07, 6.45) is 4.18. The zero-order valence-corrected chi connectivity index (χ0v) is 22.5. The van der Waals surface area contributed by atoms with Gasteiger partial charge >= 0.3 is 5.97 Å². The first-order valence-corrected chi connectivity index (χ1v) is 13.4. The highest BCUT2D eigenvalue weighted by molar-refractivity contribution is 7.07. The minimum absolute atomic E-state index is 0.208. The van der Waals surface area contributed by atoms with Crippen LogP contribution >= 0.6 is 11.3 Å². The van der Waals surface area contributed by atoms with Gasteiger partial charge in [0.1, 0.15) is 11.5 Å². The minimum atomic E-state index is -0.668. The molecule has 0 unspecified atom stereocenters. The van der Waals surface area contributed by atoms with E-state index in [-0.39, 0.29) is 12.2 Å². The molecule has 1 aliphatic rings. The number of aromatic nitrogens is 1. The topological polar surface area (TPSA) is 79.1 Å². The van der Waals surface area contributed by atoms with E-state index in [4.69, 9.17) is 19.2 Å². The molecule has 0 saturated heterocycles.